The Morgan fingerprint density at radius 3 is 2.70 bits per heavy atom. The molecule has 1 aliphatic rings. The summed E-state index contributed by atoms with van der Waals surface area (Å²) in [5.74, 6) is -0.632. The van der Waals surface area contributed by atoms with Crippen molar-refractivity contribution in [1.82, 2.24) is 4.90 Å². The minimum absolute atomic E-state index is 0.0857. The number of hydrogen-bond acceptors (Lipinski definition) is 6. The molecular formula is C22H14ClNO5S. The fourth-order valence-corrected chi connectivity index (χ4v) is 3.88. The second-order valence-corrected chi connectivity index (χ2v) is 7.77. The molecule has 1 fully saturated rings. The number of esters is 1. The highest BCUT2D eigenvalue weighted by Crippen LogP contribution is 2.34. The largest absolute Gasteiger partial charge is 0.457 e. The van der Waals surface area contributed by atoms with E-state index in [2.05, 4.69) is 0 Å². The summed E-state index contributed by atoms with van der Waals surface area (Å²) >= 11 is 6.84. The number of hydrogen-bond donors (Lipinski definition) is 0. The SMILES string of the molecule is O=C(Oc1cccc(/C=C2\SC(=O)N(Cc3cccc(Cl)c3)C2=O)c1)c1ccco1. The minimum Gasteiger partial charge on any atom is -0.457 e. The van der Waals surface area contributed by atoms with Crippen molar-refractivity contribution in [1.29, 1.82) is 0 Å². The second kappa shape index (κ2) is 8.61. The van der Waals surface area contributed by atoms with Crippen molar-refractivity contribution in [3.05, 3.63) is 93.7 Å². The zero-order chi connectivity index (χ0) is 21.1. The van der Waals surface area contributed by atoms with E-state index in [9.17, 15) is 14.4 Å². The fraction of sp³-hybridized carbons (Fsp3) is 0.0455. The lowest BCUT2D eigenvalue weighted by Crippen LogP contribution is -2.27. The molecule has 2 aromatic carbocycles. The first-order chi connectivity index (χ1) is 14.5. The van der Waals surface area contributed by atoms with Gasteiger partial charge < -0.3 is 9.15 Å². The van der Waals surface area contributed by atoms with Gasteiger partial charge in [0.05, 0.1) is 17.7 Å². The van der Waals surface area contributed by atoms with Crippen LogP contribution >= 0.6 is 23.4 Å². The van der Waals surface area contributed by atoms with Crippen LogP contribution in [0.4, 0.5) is 4.79 Å². The lowest BCUT2D eigenvalue weighted by Gasteiger charge is -2.12. The van der Waals surface area contributed by atoms with Gasteiger partial charge in [-0.05, 0) is 65.4 Å². The smallest absolute Gasteiger partial charge is 0.379 e. The van der Waals surface area contributed by atoms with Crippen LogP contribution in [0.1, 0.15) is 21.7 Å². The maximum absolute atomic E-state index is 12.7. The predicted octanol–water partition coefficient (Wildman–Crippen LogP) is 5.39. The lowest BCUT2D eigenvalue weighted by molar-refractivity contribution is -0.123. The number of benzene rings is 2. The molecule has 4 rings (SSSR count). The number of rotatable bonds is 5. The highest BCUT2D eigenvalue weighted by molar-refractivity contribution is 8.18. The zero-order valence-corrected chi connectivity index (χ0v) is 17.0. The van der Waals surface area contributed by atoms with Gasteiger partial charge in [0.25, 0.3) is 11.1 Å². The van der Waals surface area contributed by atoms with E-state index in [0.29, 0.717) is 16.3 Å². The minimum atomic E-state index is -0.626. The van der Waals surface area contributed by atoms with Gasteiger partial charge in [-0.1, -0.05) is 35.9 Å². The quantitative estimate of drug-likeness (QED) is 0.301. The predicted molar refractivity (Wildman–Crippen MR) is 113 cm³/mol. The first-order valence-corrected chi connectivity index (χ1v) is 10.0. The normalized spacial score (nSPS) is 15.1. The molecule has 0 spiro atoms. The van der Waals surface area contributed by atoms with E-state index >= 15 is 0 Å². The van der Waals surface area contributed by atoms with E-state index in [-0.39, 0.29) is 28.4 Å². The molecule has 8 heteroatoms. The number of ether oxygens (including phenoxy) is 1. The number of nitrogens with zero attached hydrogens (tertiary/aromatic N) is 1. The molecule has 0 radical (unpaired) electrons. The molecule has 0 atom stereocenters. The number of imide groups is 1. The van der Waals surface area contributed by atoms with Crippen LogP contribution in [0.15, 0.2) is 76.2 Å². The number of carbonyl (C=O) groups is 3. The molecule has 0 saturated carbocycles. The van der Waals surface area contributed by atoms with Gasteiger partial charge in [-0.25, -0.2) is 4.79 Å². The van der Waals surface area contributed by atoms with E-state index in [1.165, 1.54) is 17.2 Å². The first kappa shape index (κ1) is 20.0. The molecule has 2 heterocycles. The van der Waals surface area contributed by atoms with E-state index in [0.717, 1.165) is 17.3 Å². The highest BCUT2D eigenvalue weighted by atomic mass is 35.5. The molecule has 30 heavy (non-hydrogen) atoms. The summed E-state index contributed by atoms with van der Waals surface area (Å²) in [6.07, 6.45) is 2.97. The van der Waals surface area contributed by atoms with Crippen LogP contribution in [0.25, 0.3) is 6.08 Å². The van der Waals surface area contributed by atoms with Gasteiger partial charge in [-0.15, -0.1) is 0 Å². The maximum atomic E-state index is 12.7. The summed E-state index contributed by atoms with van der Waals surface area (Å²) in [6, 6.07) is 16.7. The van der Waals surface area contributed by atoms with E-state index in [1.807, 2.05) is 0 Å². The third kappa shape index (κ3) is 4.48. The average molecular weight is 440 g/mol. The zero-order valence-electron chi connectivity index (χ0n) is 15.4. The number of carbonyl (C=O) groups excluding carboxylic acids is 3. The number of furan rings is 1. The molecular weight excluding hydrogens is 426 g/mol. The van der Waals surface area contributed by atoms with E-state index in [4.69, 9.17) is 20.8 Å². The molecule has 0 N–H and O–H groups in total. The maximum Gasteiger partial charge on any atom is 0.379 e. The Morgan fingerprint density at radius 2 is 1.93 bits per heavy atom. The van der Waals surface area contributed by atoms with Crippen LogP contribution in [0.3, 0.4) is 0 Å². The Morgan fingerprint density at radius 1 is 1.10 bits per heavy atom. The molecule has 2 amide bonds. The number of amides is 2. The fourth-order valence-electron chi connectivity index (χ4n) is 2.83. The summed E-state index contributed by atoms with van der Waals surface area (Å²) in [7, 11) is 0. The van der Waals surface area contributed by atoms with Crippen molar-refractivity contribution in [2.24, 2.45) is 0 Å². The van der Waals surface area contributed by atoms with Crippen LogP contribution in [0.2, 0.25) is 5.02 Å². The van der Waals surface area contributed by atoms with Crippen molar-refractivity contribution in [3.63, 3.8) is 0 Å². The first-order valence-electron chi connectivity index (χ1n) is 8.85. The third-order valence-corrected chi connectivity index (χ3v) is 5.33. The lowest BCUT2D eigenvalue weighted by atomic mass is 10.2. The summed E-state index contributed by atoms with van der Waals surface area (Å²) < 4.78 is 10.3. The molecule has 0 aliphatic carbocycles. The summed E-state index contributed by atoms with van der Waals surface area (Å²) in [5, 5.41) is 0.183. The van der Waals surface area contributed by atoms with Gasteiger partial charge in [0, 0.05) is 5.02 Å². The summed E-state index contributed by atoms with van der Waals surface area (Å²) in [5.41, 5.74) is 1.38. The third-order valence-electron chi connectivity index (χ3n) is 4.19. The Kier molecular flexibility index (Phi) is 5.74. The molecule has 150 valence electrons. The van der Waals surface area contributed by atoms with Crippen LogP contribution in [0, 0.1) is 0 Å². The van der Waals surface area contributed by atoms with Crippen molar-refractivity contribution in [3.8, 4) is 5.75 Å². The number of halogens is 1. The van der Waals surface area contributed by atoms with Crippen LogP contribution < -0.4 is 4.74 Å². The molecule has 0 unspecified atom stereocenters. The van der Waals surface area contributed by atoms with Gasteiger partial charge >= 0.3 is 5.97 Å². The summed E-state index contributed by atoms with van der Waals surface area (Å²) in [4.78, 5) is 38.5. The van der Waals surface area contributed by atoms with Gasteiger partial charge in [0.1, 0.15) is 5.75 Å². The Balaban J connectivity index is 1.50. The Bertz CT molecular complexity index is 1160. The Hall–Kier alpha value is -3.29. The van der Waals surface area contributed by atoms with Gasteiger partial charge in [-0.2, -0.15) is 0 Å². The van der Waals surface area contributed by atoms with E-state index < -0.39 is 5.97 Å². The highest BCUT2D eigenvalue weighted by Gasteiger charge is 2.35. The van der Waals surface area contributed by atoms with Gasteiger partial charge in [-0.3, -0.25) is 14.5 Å². The molecule has 6 nitrogen and oxygen atoms in total. The van der Waals surface area contributed by atoms with E-state index in [1.54, 1.807) is 60.7 Å². The van der Waals surface area contributed by atoms with Crippen LogP contribution in [-0.4, -0.2) is 22.0 Å². The molecule has 1 saturated heterocycles. The van der Waals surface area contributed by atoms with Crippen molar-refractivity contribution in [2.45, 2.75) is 6.54 Å². The topological polar surface area (TPSA) is 76.8 Å². The number of thioether (sulfide) groups is 1. The van der Waals surface area contributed by atoms with Gasteiger partial charge in [0.15, 0.2) is 0 Å². The van der Waals surface area contributed by atoms with Crippen molar-refractivity contribution < 1.29 is 23.5 Å². The van der Waals surface area contributed by atoms with Crippen LogP contribution in [0.5, 0.6) is 5.75 Å². The standard InChI is InChI=1S/C22H14ClNO5S/c23-16-6-1-5-15(10-16)13-24-20(25)19(30-22(24)27)12-14-4-2-7-17(11-14)29-21(26)18-8-3-9-28-18/h1-12H,13H2/b19-12-. The molecule has 1 aliphatic heterocycles. The second-order valence-electron chi connectivity index (χ2n) is 6.34. The molecule has 0 bridgehead atoms. The van der Waals surface area contributed by atoms with Crippen LogP contribution in [-0.2, 0) is 11.3 Å². The monoisotopic (exact) mass is 439 g/mol. The van der Waals surface area contributed by atoms with Gasteiger partial charge in [0.2, 0.25) is 5.76 Å². The molecule has 1 aromatic heterocycles. The Labute approximate surface area is 181 Å². The van der Waals surface area contributed by atoms with Crippen molar-refractivity contribution in [2.75, 3.05) is 0 Å². The van der Waals surface area contributed by atoms with Crippen molar-refractivity contribution >= 4 is 46.6 Å². The summed E-state index contributed by atoms with van der Waals surface area (Å²) in [6.45, 7) is 0.142. The molecule has 3 aromatic rings. The average Bonchev–Trinajstić information content (AvgIpc) is 3.34.